The number of Topliss-reactive ketones (excluding diaryl/α,β-unsaturated/α-hetero) is 1. The summed E-state index contributed by atoms with van der Waals surface area (Å²) in [7, 11) is 0. The summed E-state index contributed by atoms with van der Waals surface area (Å²) >= 11 is 0. The number of hydrogen-bond donors (Lipinski definition) is 0. The Morgan fingerprint density at radius 3 is 2.27 bits per heavy atom. The van der Waals surface area contributed by atoms with Crippen LogP contribution in [-0.4, -0.2) is 21.3 Å². The van der Waals surface area contributed by atoms with Crippen molar-refractivity contribution in [2.24, 2.45) is 0 Å². The smallest absolute Gasteiger partial charge is 0.197 e. The number of carbonyl (C=O) groups excluding carboxylic acids is 2. The lowest BCUT2D eigenvalue weighted by Crippen LogP contribution is -2.07. The maximum atomic E-state index is 13.2. The number of benzene rings is 3. The van der Waals surface area contributed by atoms with Crippen molar-refractivity contribution in [2.75, 3.05) is 0 Å². The Morgan fingerprint density at radius 2 is 1.50 bits per heavy atom. The van der Waals surface area contributed by atoms with Crippen molar-refractivity contribution in [1.82, 2.24) is 9.78 Å². The van der Waals surface area contributed by atoms with E-state index in [1.807, 2.05) is 66.7 Å². The number of ketones is 2. The van der Waals surface area contributed by atoms with E-state index >= 15 is 0 Å². The fourth-order valence-corrected chi connectivity index (χ4v) is 3.08. The van der Waals surface area contributed by atoms with Crippen LogP contribution in [0.2, 0.25) is 0 Å². The normalized spacial score (nSPS) is 10.8. The van der Waals surface area contributed by atoms with Crippen LogP contribution < -0.4 is 0 Å². The lowest BCUT2D eigenvalue weighted by atomic mass is 9.97. The Morgan fingerprint density at radius 1 is 0.808 bits per heavy atom. The Bertz CT molecular complexity index is 1120. The van der Waals surface area contributed by atoms with E-state index in [2.05, 4.69) is 5.10 Å². The van der Waals surface area contributed by atoms with Gasteiger partial charge in [0.15, 0.2) is 11.6 Å². The SMILES string of the molecule is CC(=O)c1nn(-c2ccccc2)cc1C(=O)c1cccc2ccccc12. The van der Waals surface area contributed by atoms with Gasteiger partial charge in [-0.05, 0) is 22.9 Å². The third-order valence-electron chi connectivity index (χ3n) is 4.35. The highest BCUT2D eigenvalue weighted by Gasteiger charge is 2.22. The van der Waals surface area contributed by atoms with Crippen molar-refractivity contribution in [2.45, 2.75) is 6.92 Å². The summed E-state index contributed by atoms with van der Waals surface area (Å²) in [5.74, 6) is -0.433. The van der Waals surface area contributed by atoms with Crippen LogP contribution in [0.3, 0.4) is 0 Å². The molecule has 4 aromatic rings. The van der Waals surface area contributed by atoms with Crippen LogP contribution in [0.25, 0.3) is 16.5 Å². The predicted molar refractivity (Wildman–Crippen MR) is 101 cm³/mol. The Kier molecular flexibility index (Phi) is 3.93. The van der Waals surface area contributed by atoms with Gasteiger partial charge in [0.2, 0.25) is 0 Å². The van der Waals surface area contributed by atoms with Gasteiger partial charge in [0.1, 0.15) is 5.69 Å². The molecule has 1 heterocycles. The molecule has 0 saturated heterocycles. The van der Waals surface area contributed by atoms with Crippen LogP contribution >= 0.6 is 0 Å². The van der Waals surface area contributed by atoms with Crippen LogP contribution in [0.4, 0.5) is 0 Å². The highest BCUT2D eigenvalue weighted by Crippen LogP contribution is 2.23. The largest absolute Gasteiger partial charge is 0.293 e. The number of rotatable bonds is 4. The third-order valence-corrected chi connectivity index (χ3v) is 4.35. The molecule has 0 N–H and O–H groups in total. The molecule has 0 aliphatic carbocycles. The third kappa shape index (κ3) is 2.71. The molecular formula is C22H16N2O2. The minimum Gasteiger partial charge on any atom is -0.293 e. The van der Waals surface area contributed by atoms with Crippen LogP contribution in [0, 0.1) is 0 Å². The second-order valence-electron chi connectivity index (χ2n) is 6.08. The number of nitrogens with zero attached hydrogens (tertiary/aromatic N) is 2. The number of para-hydroxylation sites is 1. The Balaban J connectivity index is 1.88. The van der Waals surface area contributed by atoms with E-state index in [0.29, 0.717) is 11.1 Å². The molecule has 0 saturated carbocycles. The quantitative estimate of drug-likeness (QED) is 0.515. The molecule has 0 fully saturated rings. The Hall–Kier alpha value is -3.53. The summed E-state index contributed by atoms with van der Waals surface area (Å²) in [5, 5.41) is 6.20. The summed E-state index contributed by atoms with van der Waals surface area (Å²) in [6.45, 7) is 1.43. The molecule has 0 bridgehead atoms. The molecule has 0 unspecified atom stereocenters. The van der Waals surface area contributed by atoms with Crippen molar-refractivity contribution >= 4 is 22.3 Å². The molecule has 4 nitrogen and oxygen atoms in total. The highest BCUT2D eigenvalue weighted by molar-refractivity contribution is 6.19. The van der Waals surface area contributed by atoms with E-state index in [1.165, 1.54) is 6.92 Å². The van der Waals surface area contributed by atoms with Gasteiger partial charge in [0, 0.05) is 18.7 Å². The van der Waals surface area contributed by atoms with Gasteiger partial charge < -0.3 is 0 Å². The van der Waals surface area contributed by atoms with Crippen molar-refractivity contribution in [3.8, 4) is 5.69 Å². The van der Waals surface area contributed by atoms with Gasteiger partial charge in [-0.2, -0.15) is 5.10 Å². The number of fused-ring (bicyclic) bond motifs is 1. The lowest BCUT2D eigenvalue weighted by Gasteiger charge is -2.05. The zero-order valence-corrected chi connectivity index (χ0v) is 14.2. The molecule has 126 valence electrons. The maximum Gasteiger partial charge on any atom is 0.197 e. The molecule has 0 aliphatic rings. The molecule has 0 atom stereocenters. The summed E-state index contributed by atoms with van der Waals surface area (Å²) in [6, 6.07) is 22.7. The molecule has 26 heavy (non-hydrogen) atoms. The second kappa shape index (κ2) is 6.41. The van der Waals surface area contributed by atoms with Gasteiger partial charge in [-0.25, -0.2) is 4.68 Å². The molecule has 0 radical (unpaired) electrons. The zero-order valence-electron chi connectivity index (χ0n) is 14.2. The first kappa shape index (κ1) is 16.0. The first-order valence-electron chi connectivity index (χ1n) is 8.33. The highest BCUT2D eigenvalue weighted by atomic mass is 16.1. The molecule has 4 heteroatoms. The molecule has 4 rings (SSSR count). The van der Waals surface area contributed by atoms with Gasteiger partial charge >= 0.3 is 0 Å². The van der Waals surface area contributed by atoms with Crippen molar-refractivity contribution in [1.29, 1.82) is 0 Å². The van der Waals surface area contributed by atoms with Crippen LogP contribution in [-0.2, 0) is 0 Å². The van der Waals surface area contributed by atoms with Crippen LogP contribution in [0.1, 0.15) is 33.3 Å². The number of carbonyl (C=O) groups is 2. The van der Waals surface area contributed by atoms with Gasteiger partial charge in [-0.3, -0.25) is 9.59 Å². The average Bonchev–Trinajstić information content (AvgIpc) is 3.13. The summed E-state index contributed by atoms with van der Waals surface area (Å²) < 4.78 is 1.58. The average molecular weight is 340 g/mol. The van der Waals surface area contributed by atoms with Crippen molar-refractivity contribution in [3.05, 3.63) is 95.8 Å². The first-order chi connectivity index (χ1) is 12.6. The fraction of sp³-hybridized carbons (Fsp3) is 0.0455. The minimum absolute atomic E-state index is 0.187. The molecule has 3 aromatic carbocycles. The fourth-order valence-electron chi connectivity index (χ4n) is 3.08. The maximum absolute atomic E-state index is 13.2. The van der Waals surface area contributed by atoms with E-state index in [0.717, 1.165) is 16.5 Å². The number of hydrogen-bond acceptors (Lipinski definition) is 3. The van der Waals surface area contributed by atoms with E-state index in [-0.39, 0.29) is 17.3 Å². The Labute approximate surface area is 150 Å². The minimum atomic E-state index is -0.233. The summed E-state index contributed by atoms with van der Waals surface area (Å²) in [5.41, 5.74) is 1.87. The molecule has 0 spiro atoms. The summed E-state index contributed by atoms with van der Waals surface area (Å²) in [6.07, 6.45) is 1.64. The van der Waals surface area contributed by atoms with Crippen molar-refractivity contribution < 1.29 is 9.59 Å². The van der Waals surface area contributed by atoms with E-state index < -0.39 is 0 Å². The van der Waals surface area contributed by atoms with E-state index in [4.69, 9.17) is 0 Å². The molecule has 1 aromatic heterocycles. The van der Waals surface area contributed by atoms with Gasteiger partial charge in [-0.1, -0.05) is 60.7 Å². The zero-order chi connectivity index (χ0) is 18.1. The summed E-state index contributed by atoms with van der Waals surface area (Å²) in [4.78, 5) is 25.3. The topological polar surface area (TPSA) is 52.0 Å². The van der Waals surface area contributed by atoms with Crippen LogP contribution in [0.15, 0.2) is 79.0 Å². The van der Waals surface area contributed by atoms with E-state index in [1.54, 1.807) is 16.9 Å². The monoisotopic (exact) mass is 340 g/mol. The molecule has 0 amide bonds. The predicted octanol–water partition coefficient (Wildman–Crippen LogP) is 4.46. The first-order valence-corrected chi connectivity index (χ1v) is 8.33. The second-order valence-corrected chi connectivity index (χ2v) is 6.08. The van der Waals surface area contributed by atoms with Crippen LogP contribution in [0.5, 0.6) is 0 Å². The van der Waals surface area contributed by atoms with E-state index in [9.17, 15) is 9.59 Å². The molecule has 0 aliphatic heterocycles. The standard InChI is InChI=1S/C22H16N2O2/c1-15(25)21-20(14-24(23-21)17-10-3-2-4-11-17)22(26)19-13-7-9-16-8-5-6-12-18(16)19/h2-14H,1H3. The van der Waals surface area contributed by atoms with Gasteiger partial charge in [-0.15, -0.1) is 0 Å². The van der Waals surface area contributed by atoms with Gasteiger partial charge in [0.25, 0.3) is 0 Å². The molecular weight excluding hydrogens is 324 g/mol. The lowest BCUT2D eigenvalue weighted by molar-refractivity contribution is 0.0987. The number of aromatic nitrogens is 2. The van der Waals surface area contributed by atoms with Gasteiger partial charge in [0.05, 0.1) is 11.3 Å². The van der Waals surface area contributed by atoms with Crippen molar-refractivity contribution in [3.63, 3.8) is 0 Å².